The molecule has 0 radical (unpaired) electrons. The van der Waals surface area contributed by atoms with Crippen LogP contribution in [0.25, 0.3) is 0 Å². The van der Waals surface area contributed by atoms with Crippen molar-refractivity contribution in [3.05, 3.63) is 59.2 Å². The van der Waals surface area contributed by atoms with E-state index in [9.17, 15) is 18.3 Å². The van der Waals surface area contributed by atoms with E-state index >= 15 is 0 Å². The van der Waals surface area contributed by atoms with Crippen LogP contribution >= 0.6 is 11.8 Å². The van der Waals surface area contributed by atoms with Crippen LogP contribution in [0.2, 0.25) is 0 Å². The average Bonchev–Trinajstić information content (AvgIpc) is 2.72. The van der Waals surface area contributed by atoms with E-state index in [4.69, 9.17) is 0 Å². The zero-order valence-electron chi connectivity index (χ0n) is 17.9. The number of rotatable bonds is 12. The molecule has 0 saturated carbocycles. The SMILES string of the molecule is CCCCN(CCCC)S(=O)(=O)c1ccc(SCc2cccc(C)c2)c(C(=O)O)c1. The molecule has 0 aliphatic rings. The van der Waals surface area contributed by atoms with E-state index in [-0.39, 0.29) is 10.5 Å². The molecule has 1 N–H and O–H groups in total. The predicted octanol–water partition coefficient (Wildman–Crippen LogP) is 5.58. The molecule has 2 aromatic rings. The second-order valence-electron chi connectivity index (χ2n) is 7.35. The van der Waals surface area contributed by atoms with Crippen LogP contribution in [0.1, 0.15) is 61.0 Å². The molecule has 0 aromatic heterocycles. The zero-order valence-corrected chi connectivity index (χ0v) is 19.6. The maximum Gasteiger partial charge on any atom is 0.336 e. The Morgan fingerprint density at radius 3 is 2.27 bits per heavy atom. The van der Waals surface area contributed by atoms with Gasteiger partial charge in [0.2, 0.25) is 10.0 Å². The molecular formula is C23H31NO4S2. The molecule has 30 heavy (non-hydrogen) atoms. The summed E-state index contributed by atoms with van der Waals surface area (Å²) in [6.45, 7) is 6.95. The van der Waals surface area contributed by atoms with Crippen molar-refractivity contribution in [1.82, 2.24) is 4.31 Å². The van der Waals surface area contributed by atoms with Gasteiger partial charge < -0.3 is 5.11 Å². The van der Waals surface area contributed by atoms with E-state index in [0.29, 0.717) is 23.7 Å². The first-order valence-corrected chi connectivity index (χ1v) is 12.8. The van der Waals surface area contributed by atoms with Gasteiger partial charge in [-0.25, -0.2) is 13.2 Å². The van der Waals surface area contributed by atoms with Crippen LogP contribution in [-0.4, -0.2) is 36.9 Å². The number of hydrogen-bond donors (Lipinski definition) is 1. The minimum atomic E-state index is -3.73. The Morgan fingerprint density at radius 2 is 1.70 bits per heavy atom. The van der Waals surface area contributed by atoms with Crippen LogP contribution in [0.3, 0.4) is 0 Å². The molecule has 2 aromatic carbocycles. The standard InChI is InChI=1S/C23H31NO4S2/c1-4-6-13-24(14-7-5-2)30(27,28)20-11-12-22(21(16-20)23(25)26)29-17-19-10-8-9-18(3)15-19/h8-12,15-16H,4-7,13-14,17H2,1-3H3,(H,25,26). The number of hydrogen-bond acceptors (Lipinski definition) is 4. The summed E-state index contributed by atoms with van der Waals surface area (Å²) in [6, 6.07) is 12.5. The molecule has 0 fully saturated rings. The van der Waals surface area contributed by atoms with Gasteiger partial charge in [0.25, 0.3) is 0 Å². The number of aromatic carboxylic acids is 1. The summed E-state index contributed by atoms with van der Waals surface area (Å²) in [4.78, 5) is 12.5. The summed E-state index contributed by atoms with van der Waals surface area (Å²) in [5.41, 5.74) is 2.27. The van der Waals surface area contributed by atoms with Crippen LogP contribution in [0.4, 0.5) is 0 Å². The minimum Gasteiger partial charge on any atom is -0.478 e. The highest BCUT2D eigenvalue weighted by atomic mass is 32.2. The average molecular weight is 450 g/mol. The van der Waals surface area contributed by atoms with Crippen molar-refractivity contribution in [2.45, 2.75) is 62.0 Å². The van der Waals surface area contributed by atoms with E-state index < -0.39 is 16.0 Å². The van der Waals surface area contributed by atoms with Gasteiger partial charge in [-0.1, -0.05) is 56.5 Å². The Balaban J connectivity index is 2.30. The third-order valence-electron chi connectivity index (χ3n) is 4.82. The van der Waals surface area contributed by atoms with E-state index in [1.165, 1.54) is 28.2 Å². The lowest BCUT2D eigenvalue weighted by atomic mass is 10.2. The normalized spacial score (nSPS) is 11.7. The molecule has 0 bridgehead atoms. The molecule has 5 nitrogen and oxygen atoms in total. The minimum absolute atomic E-state index is 0.0275. The molecule has 164 valence electrons. The molecule has 7 heteroatoms. The maximum atomic E-state index is 13.2. The van der Waals surface area contributed by atoms with Crippen molar-refractivity contribution in [2.24, 2.45) is 0 Å². The number of carboxylic acids is 1. The Labute approximate surface area is 184 Å². The Kier molecular flexibility index (Phi) is 9.39. The Bertz CT molecular complexity index is 949. The number of sulfonamides is 1. The first-order chi connectivity index (χ1) is 14.3. The monoisotopic (exact) mass is 449 g/mol. The van der Waals surface area contributed by atoms with Crippen molar-refractivity contribution in [1.29, 1.82) is 0 Å². The summed E-state index contributed by atoms with van der Waals surface area (Å²) < 4.78 is 27.8. The highest BCUT2D eigenvalue weighted by Crippen LogP contribution is 2.30. The topological polar surface area (TPSA) is 74.7 Å². The number of aryl methyl sites for hydroxylation is 1. The Morgan fingerprint density at radius 1 is 1.03 bits per heavy atom. The lowest BCUT2D eigenvalue weighted by molar-refractivity contribution is 0.0693. The molecule has 0 saturated heterocycles. The lowest BCUT2D eigenvalue weighted by Crippen LogP contribution is -2.33. The molecule has 0 spiro atoms. The van der Waals surface area contributed by atoms with E-state index in [1.54, 1.807) is 6.07 Å². The van der Waals surface area contributed by atoms with Gasteiger partial charge in [-0.15, -0.1) is 11.8 Å². The van der Waals surface area contributed by atoms with Gasteiger partial charge in [0.05, 0.1) is 10.5 Å². The zero-order chi connectivity index (χ0) is 22.1. The number of carboxylic acid groups (broad SMARTS) is 1. The number of carbonyl (C=O) groups is 1. The highest BCUT2D eigenvalue weighted by Gasteiger charge is 2.25. The number of benzene rings is 2. The smallest absolute Gasteiger partial charge is 0.336 e. The van der Waals surface area contributed by atoms with Gasteiger partial charge in [-0.2, -0.15) is 4.31 Å². The molecule has 0 heterocycles. The van der Waals surface area contributed by atoms with Crippen LogP contribution in [0.5, 0.6) is 0 Å². The first kappa shape index (κ1) is 24.4. The molecule has 0 aliphatic heterocycles. The second kappa shape index (κ2) is 11.5. The Hall–Kier alpha value is -1.83. The van der Waals surface area contributed by atoms with Gasteiger partial charge >= 0.3 is 5.97 Å². The fraction of sp³-hybridized carbons (Fsp3) is 0.435. The van der Waals surface area contributed by atoms with Crippen molar-refractivity contribution in [3.8, 4) is 0 Å². The van der Waals surface area contributed by atoms with Gasteiger partial charge in [0, 0.05) is 23.7 Å². The molecular weight excluding hydrogens is 418 g/mol. The largest absolute Gasteiger partial charge is 0.478 e. The molecule has 2 rings (SSSR count). The van der Waals surface area contributed by atoms with Crippen molar-refractivity contribution >= 4 is 27.8 Å². The van der Waals surface area contributed by atoms with Crippen molar-refractivity contribution in [3.63, 3.8) is 0 Å². The van der Waals surface area contributed by atoms with Gasteiger partial charge in [-0.05, 0) is 43.5 Å². The fourth-order valence-corrected chi connectivity index (χ4v) is 5.61. The summed E-state index contributed by atoms with van der Waals surface area (Å²) in [5.74, 6) is -0.500. The predicted molar refractivity (Wildman–Crippen MR) is 123 cm³/mol. The summed E-state index contributed by atoms with van der Waals surface area (Å²) >= 11 is 1.40. The summed E-state index contributed by atoms with van der Waals surface area (Å²) in [7, 11) is -3.73. The van der Waals surface area contributed by atoms with E-state index in [0.717, 1.165) is 36.8 Å². The van der Waals surface area contributed by atoms with E-state index in [2.05, 4.69) is 6.07 Å². The van der Waals surface area contributed by atoms with Crippen LogP contribution in [0.15, 0.2) is 52.3 Å². The van der Waals surface area contributed by atoms with Crippen LogP contribution in [-0.2, 0) is 15.8 Å². The molecule has 0 aliphatic carbocycles. The second-order valence-corrected chi connectivity index (χ2v) is 10.3. The molecule has 0 unspecified atom stereocenters. The van der Waals surface area contributed by atoms with Crippen LogP contribution < -0.4 is 0 Å². The number of unbranched alkanes of at least 4 members (excludes halogenated alkanes) is 2. The fourth-order valence-electron chi connectivity index (χ4n) is 3.10. The first-order valence-electron chi connectivity index (χ1n) is 10.4. The van der Waals surface area contributed by atoms with Gasteiger partial charge in [0.15, 0.2) is 0 Å². The van der Waals surface area contributed by atoms with Crippen molar-refractivity contribution in [2.75, 3.05) is 13.1 Å². The summed E-state index contributed by atoms with van der Waals surface area (Å²) in [5, 5.41) is 9.70. The molecule has 0 atom stereocenters. The third kappa shape index (κ3) is 6.59. The third-order valence-corrected chi connectivity index (χ3v) is 7.86. The highest BCUT2D eigenvalue weighted by molar-refractivity contribution is 7.98. The van der Waals surface area contributed by atoms with Crippen molar-refractivity contribution < 1.29 is 18.3 Å². The maximum absolute atomic E-state index is 13.2. The van der Waals surface area contributed by atoms with E-state index in [1.807, 2.05) is 39.0 Å². The lowest BCUT2D eigenvalue weighted by Gasteiger charge is -2.22. The summed E-state index contributed by atoms with van der Waals surface area (Å²) in [6.07, 6.45) is 3.35. The van der Waals surface area contributed by atoms with Gasteiger partial charge in [-0.3, -0.25) is 0 Å². The number of thioether (sulfide) groups is 1. The quantitative estimate of drug-likeness (QED) is 0.428. The van der Waals surface area contributed by atoms with Gasteiger partial charge in [0.1, 0.15) is 0 Å². The number of nitrogens with zero attached hydrogens (tertiary/aromatic N) is 1. The molecule has 0 amide bonds. The van der Waals surface area contributed by atoms with Crippen LogP contribution in [0, 0.1) is 6.92 Å².